The van der Waals surface area contributed by atoms with Gasteiger partial charge in [0, 0.05) is 6.20 Å². The highest BCUT2D eigenvalue weighted by Crippen LogP contribution is 2.20. The molecule has 0 saturated heterocycles. The summed E-state index contributed by atoms with van der Waals surface area (Å²) in [6.45, 7) is 0. The summed E-state index contributed by atoms with van der Waals surface area (Å²) in [4.78, 5) is 34.6. The van der Waals surface area contributed by atoms with Gasteiger partial charge in [-0.2, -0.15) is 0 Å². The fourth-order valence-electron chi connectivity index (χ4n) is 0.901. The van der Waals surface area contributed by atoms with Gasteiger partial charge in [-0.1, -0.05) is 0 Å². The molecule has 7 nitrogen and oxygen atoms in total. The Morgan fingerprint density at radius 3 is 2.36 bits per heavy atom. The number of carbonyl (C=O) groups is 2. The monoisotopic (exact) mass is 196 g/mol. The predicted molar refractivity (Wildman–Crippen MR) is 43.6 cm³/mol. The van der Waals surface area contributed by atoms with Gasteiger partial charge < -0.3 is 10.2 Å². The minimum atomic E-state index is -1.55. The van der Waals surface area contributed by atoms with E-state index in [1.165, 1.54) is 0 Å². The maximum Gasteiger partial charge on any atom is 0.355 e. The van der Waals surface area contributed by atoms with Crippen LogP contribution >= 0.6 is 0 Å². The topological polar surface area (TPSA) is 117 Å². The number of rotatable bonds is 3. The van der Waals surface area contributed by atoms with Crippen molar-refractivity contribution >= 4 is 17.6 Å². The van der Waals surface area contributed by atoms with Crippen LogP contribution in [0, 0.1) is 4.91 Å². The molecule has 0 amide bonds. The number of aromatic carboxylic acids is 2. The van der Waals surface area contributed by atoms with E-state index < -0.39 is 28.9 Å². The number of aromatic nitrogens is 1. The van der Waals surface area contributed by atoms with Gasteiger partial charge in [0.15, 0.2) is 5.69 Å². The second-order valence-electron chi connectivity index (χ2n) is 2.26. The lowest BCUT2D eigenvalue weighted by Gasteiger charge is -2.00. The van der Waals surface area contributed by atoms with Crippen LogP contribution in [0.25, 0.3) is 0 Å². The SMILES string of the molecule is O=Nc1ccnc(C(=O)O)c1C(=O)O. The zero-order valence-corrected chi connectivity index (χ0v) is 6.67. The number of nitrogens with zero attached hydrogens (tertiary/aromatic N) is 2. The maximum absolute atomic E-state index is 10.6. The molecule has 1 aromatic heterocycles. The minimum absolute atomic E-state index is 0.454. The van der Waals surface area contributed by atoms with E-state index in [2.05, 4.69) is 10.2 Å². The van der Waals surface area contributed by atoms with E-state index >= 15 is 0 Å². The maximum atomic E-state index is 10.6. The van der Waals surface area contributed by atoms with E-state index in [9.17, 15) is 14.5 Å². The molecule has 0 fully saturated rings. The fourth-order valence-corrected chi connectivity index (χ4v) is 0.901. The normalized spacial score (nSPS) is 9.43. The lowest BCUT2D eigenvalue weighted by Crippen LogP contribution is -2.10. The summed E-state index contributed by atoms with van der Waals surface area (Å²) in [5.41, 5.74) is -1.85. The molecule has 72 valence electrons. The van der Waals surface area contributed by atoms with E-state index in [1.54, 1.807) is 0 Å². The molecular formula is C7H4N2O5. The van der Waals surface area contributed by atoms with Crippen LogP contribution in [-0.4, -0.2) is 27.1 Å². The third-order valence-electron chi connectivity index (χ3n) is 1.44. The average molecular weight is 196 g/mol. The first-order valence-electron chi connectivity index (χ1n) is 3.37. The van der Waals surface area contributed by atoms with Gasteiger partial charge in [0.1, 0.15) is 11.3 Å². The van der Waals surface area contributed by atoms with Gasteiger partial charge in [-0.15, -0.1) is 4.91 Å². The highest BCUT2D eigenvalue weighted by Gasteiger charge is 2.21. The van der Waals surface area contributed by atoms with Crippen LogP contribution in [0.2, 0.25) is 0 Å². The van der Waals surface area contributed by atoms with Crippen molar-refractivity contribution < 1.29 is 19.8 Å². The number of hydrogen-bond donors (Lipinski definition) is 2. The van der Waals surface area contributed by atoms with Crippen LogP contribution in [-0.2, 0) is 0 Å². The lowest BCUT2D eigenvalue weighted by molar-refractivity contribution is 0.0647. The van der Waals surface area contributed by atoms with Crippen molar-refractivity contribution in [2.75, 3.05) is 0 Å². The molecule has 0 spiro atoms. The Morgan fingerprint density at radius 1 is 1.29 bits per heavy atom. The standard InChI is InChI=1S/C7H4N2O5/c10-6(11)4-3(9-14)1-2-8-5(4)7(12)13/h1-2H,(H,10,11)(H,12,13). The van der Waals surface area contributed by atoms with Crippen LogP contribution in [0.15, 0.2) is 17.4 Å². The molecule has 0 aliphatic rings. The molecule has 0 aliphatic heterocycles. The Balaban J connectivity index is 3.51. The first-order chi connectivity index (χ1) is 6.57. The predicted octanol–water partition coefficient (Wildman–Crippen LogP) is 0.876. The third-order valence-corrected chi connectivity index (χ3v) is 1.44. The third kappa shape index (κ3) is 1.56. The molecule has 1 aromatic rings. The molecule has 7 heteroatoms. The summed E-state index contributed by atoms with van der Waals surface area (Å²) in [6.07, 6.45) is 1.01. The van der Waals surface area contributed by atoms with Crippen molar-refractivity contribution in [3.05, 3.63) is 28.4 Å². The van der Waals surface area contributed by atoms with Crippen LogP contribution in [0.1, 0.15) is 20.8 Å². The molecule has 14 heavy (non-hydrogen) atoms. The number of carboxylic acids is 2. The summed E-state index contributed by atoms with van der Waals surface area (Å²) in [6, 6.07) is 1.03. The molecule has 0 atom stereocenters. The second kappa shape index (κ2) is 3.60. The fraction of sp³-hybridized carbons (Fsp3) is 0. The van der Waals surface area contributed by atoms with E-state index in [0.29, 0.717) is 0 Å². The van der Waals surface area contributed by atoms with Gasteiger partial charge >= 0.3 is 11.9 Å². The first kappa shape index (κ1) is 9.78. The molecule has 0 saturated carbocycles. The molecule has 0 aromatic carbocycles. The van der Waals surface area contributed by atoms with E-state index in [4.69, 9.17) is 10.2 Å². The first-order valence-corrected chi connectivity index (χ1v) is 3.37. The van der Waals surface area contributed by atoms with Crippen molar-refractivity contribution in [2.24, 2.45) is 5.18 Å². The zero-order valence-electron chi connectivity index (χ0n) is 6.67. The van der Waals surface area contributed by atoms with Crippen molar-refractivity contribution in [1.29, 1.82) is 0 Å². The van der Waals surface area contributed by atoms with Crippen molar-refractivity contribution in [3.63, 3.8) is 0 Å². The Labute approximate surface area is 77.0 Å². The minimum Gasteiger partial charge on any atom is -0.478 e. The van der Waals surface area contributed by atoms with Crippen molar-refractivity contribution in [3.8, 4) is 0 Å². The molecule has 1 heterocycles. The summed E-state index contributed by atoms with van der Waals surface area (Å²) in [5, 5.41) is 19.6. The molecular weight excluding hydrogens is 192 g/mol. The average Bonchev–Trinajstić information content (AvgIpc) is 2.16. The summed E-state index contributed by atoms with van der Waals surface area (Å²) >= 11 is 0. The van der Waals surface area contributed by atoms with Crippen LogP contribution < -0.4 is 0 Å². The van der Waals surface area contributed by atoms with Gasteiger partial charge in [-0.25, -0.2) is 14.6 Å². The van der Waals surface area contributed by atoms with Gasteiger partial charge in [0.05, 0.1) is 0 Å². The summed E-state index contributed by atoms with van der Waals surface area (Å²) in [7, 11) is 0. The molecule has 0 aliphatic carbocycles. The van der Waals surface area contributed by atoms with Crippen molar-refractivity contribution in [2.45, 2.75) is 0 Å². The Morgan fingerprint density at radius 2 is 1.93 bits per heavy atom. The summed E-state index contributed by atoms with van der Waals surface area (Å²) < 4.78 is 0. The Hall–Kier alpha value is -2.31. The van der Waals surface area contributed by atoms with Crippen LogP contribution in [0.4, 0.5) is 5.69 Å². The molecule has 0 bridgehead atoms. The Bertz CT molecular complexity index is 415. The van der Waals surface area contributed by atoms with Gasteiger partial charge in [0.2, 0.25) is 0 Å². The largest absolute Gasteiger partial charge is 0.478 e. The van der Waals surface area contributed by atoms with E-state index in [-0.39, 0.29) is 0 Å². The van der Waals surface area contributed by atoms with Gasteiger partial charge in [-0.05, 0) is 11.2 Å². The van der Waals surface area contributed by atoms with Crippen LogP contribution in [0.3, 0.4) is 0 Å². The number of pyridine rings is 1. The number of nitroso groups, excluding NO2 is 1. The molecule has 1 rings (SSSR count). The molecule has 2 N–H and O–H groups in total. The zero-order chi connectivity index (χ0) is 10.7. The van der Waals surface area contributed by atoms with E-state index in [1.807, 2.05) is 0 Å². The lowest BCUT2D eigenvalue weighted by atomic mass is 10.1. The highest BCUT2D eigenvalue weighted by molar-refractivity contribution is 6.03. The highest BCUT2D eigenvalue weighted by atomic mass is 16.4. The molecule has 0 radical (unpaired) electrons. The number of hydrogen-bond acceptors (Lipinski definition) is 5. The van der Waals surface area contributed by atoms with Gasteiger partial charge in [-0.3, -0.25) is 0 Å². The van der Waals surface area contributed by atoms with Crippen molar-refractivity contribution in [1.82, 2.24) is 4.98 Å². The summed E-state index contributed by atoms with van der Waals surface area (Å²) in [5.74, 6) is -3.07. The molecule has 0 unspecified atom stereocenters. The Kier molecular flexibility index (Phi) is 2.52. The second-order valence-corrected chi connectivity index (χ2v) is 2.26. The van der Waals surface area contributed by atoms with Crippen LogP contribution in [0.5, 0.6) is 0 Å². The van der Waals surface area contributed by atoms with E-state index in [0.717, 1.165) is 12.3 Å². The van der Waals surface area contributed by atoms with Gasteiger partial charge in [0.25, 0.3) is 0 Å². The smallest absolute Gasteiger partial charge is 0.355 e. The quantitative estimate of drug-likeness (QED) is 0.692. The number of carboxylic acid groups (broad SMARTS) is 2.